The zero-order valence-electron chi connectivity index (χ0n) is 12.7. The second-order valence-corrected chi connectivity index (χ2v) is 5.46. The lowest BCUT2D eigenvalue weighted by atomic mass is 10.1. The minimum absolute atomic E-state index is 0.0172. The summed E-state index contributed by atoms with van der Waals surface area (Å²) < 4.78 is 12.5. The molecular weight excluding hydrogens is 280 g/mol. The molecule has 1 unspecified atom stereocenters. The van der Waals surface area contributed by atoms with Crippen LogP contribution in [0, 0.1) is 0 Å². The lowest BCUT2D eigenvalue weighted by Gasteiger charge is -2.23. The predicted molar refractivity (Wildman–Crippen MR) is 84.4 cm³/mol. The van der Waals surface area contributed by atoms with Crippen molar-refractivity contribution in [3.8, 4) is 0 Å². The van der Waals surface area contributed by atoms with Crippen molar-refractivity contribution in [2.24, 2.45) is 0 Å². The number of methoxy groups -OCH3 is 1. The minimum atomic E-state index is -0.248. The van der Waals surface area contributed by atoms with Gasteiger partial charge < -0.3 is 9.47 Å². The van der Waals surface area contributed by atoms with Gasteiger partial charge in [-0.3, -0.25) is 4.79 Å². The van der Waals surface area contributed by atoms with Crippen molar-refractivity contribution in [2.75, 3.05) is 13.7 Å². The van der Waals surface area contributed by atoms with Crippen molar-refractivity contribution in [3.63, 3.8) is 0 Å². The van der Waals surface area contributed by atoms with E-state index in [1.165, 1.54) is 7.11 Å². The predicted octanol–water partition coefficient (Wildman–Crippen LogP) is 3.09. The smallest absolute Gasteiger partial charge is 0.309 e. The Morgan fingerprint density at radius 2 is 2.41 bits per heavy atom. The van der Waals surface area contributed by atoms with Crippen LogP contribution in [0.15, 0.2) is 24.8 Å². The largest absolute Gasteiger partial charge is 0.469 e. The van der Waals surface area contributed by atoms with Crippen molar-refractivity contribution in [1.29, 1.82) is 0 Å². The number of carbonyl (C=O) groups is 1. The zero-order chi connectivity index (χ0) is 15.5. The zero-order valence-corrected chi connectivity index (χ0v) is 12.7. The summed E-state index contributed by atoms with van der Waals surface area (Å²) in [7, 11) is 1.40. The average Bonchev–Trinajstić information content (AvgIpc) is 2.93. The fourth-order valence-electron chi connectivity index (χ4n) is 2.85. The van der Waals surface area contributed by atoms with E-state index in [4.69, 9.17) is 9.47 Å². The van der Waals surface area contributed by atoms with E-state index in [9.17, 15) is 4.79 Å². The molecule has 0 spiro atoms. The molecule has 0 amide bonds. The highest BCUT2D eigenvalue weighted by atomic mass is 16.5. The van der Waals surface area contributed by atoms with Crippen molar-refractivity contribution in [2.45, 2.75) is 31.9 Å². The third-order valence-corrected chi connectivity index (χ3v) is 4.00. The normalized spacial score (nSPS) is 18.3. The first-order valence-electron chi connectivity index (χ1n) is 7.55. The number of ether oxygens (including phenoxy) is 2. The molecule has 0 bridgehead atoms. The van der Waals surface area contributed by atoms with Gasteiger partial charge in [0.25, 0.3) is 0 Å². The molecular formula is C17H20N2O3. The molecule has 22 heavy (non-hydrogen) atoms. The number of fused-ring (bicyclic) bond motifs is 1. The standard InChI is InChI=1S/C17H20N2O3/c1-3-14-13-10-12(11-17(20)21-2)7-8-15(13)19(18-14)16-6-4-5-9-22-16/h3,7-8,10,16H,1,4-6,9,11H2,2H3. The number of rotatable bonds is 4. The Hall–Kier alpha value is -2.14. The number of benzene rings is 1. The summed E-state index contributed by atoms with van der Waals surface area (Å²) in [5, 5.41) is 5.62. The molecule has 2 heterocycles. The molecule has 1 aromatic carbocycles. The van der Waals surface area contributed by atoms with E-state index in [0.29, 0.717) is 0 Å². The molecule has 0 aliphatic carbocycles. The Balaban J connectivity index is 2.01. The fourth-order valence-corrected chi connectivity index (χ4v) is 2.85. The van der Waals surface area contributed by atoms with Crippen molar-refractivity contribution in [3.05, 3.63) is 36.0 Å². The summed E-state index contributed by atoms with van der Waals surface area (Å²) in [5.41, 5.74) is 2.73. The summed E-state index contributed by atoms with van der Waals surface area (Å²) in [5.74, 6) is -0.248. The highest BCUT2D eigenvalue weighted by Gasteiger charge is 2.20. The first-order valence-corrected chi connectivity index (χ1v) is 7.55. The Kier molecular flexibility index (Phi) is 4.24. The van der Waals surface area contributed by atoms with Gasteiger partial charge in [0.05, 0.1) is 24.7 Å². The van der Waals surface area contributed by atoms with Crippen LogP contribution in [0.5, 0.6) is 0 Å². The van der Waals surface area contributed by atoms with E-state index in [2.05, 4.69) is 11.7 Å². The maximum absolute atomic E-state index is 11.4. The number of hydrogen-bond donors (Lipinski definition) is 0. The molecule has 1 aliphatic rings. The molecule has 1 aliphatic heterocycles. The molecule has 1 saturated heterocycles. The fraction of sp³-hybridized carbons (Fsp3) is 0.412. The molecule has 1 atom stereocenters. The molecule has 116 valence electrons. The lowest BCUT2D eigenvalue weighted by Crippen LogP contribution is -2.19. The van der Waals surface area contributed by atoms with E-state index in [1.54, 1.807) is 6.08 Å². The van der Waals surface area contributed by atoms with Gasteiger partial charge in [0.1, 0.15) is 0 Å². The SMILES string of the molecule is C=Cc1nn(C2CCCCO2)c2ccc(CC(=O)OC)cc12. The Labute approximate surface area is 129 Å². The lowest BCUT2D eigenvalue weighted by molar-refractivity contribution is -0.139. The van der Waals surface area contributed by atoms with Gasteiger partial charge in [-0.15, -0.1) is 0 Å². The van der Waals surface area contributed by atoms with Crippen LogP contribution in [0.3, 0.4) is 0 Å². The summed E-state index contributed by atoms with van der Waals surface area (Å²) >= 11 is 0. The van der Waals surface area contributed by atoms with Gasteiger partial charge in [0.15, 0.2) is 6.23 Å². The third kappa shape index (κ3) is 2.76. The van der Waals surface area contributed by atoms with E-state index in [0.717, 1.165) is 48.0 Å². The maximum Gasteiger partial charge on any atom is 0.309 e. The summed E-state index contributed by atoms with van der Waals surface area (Å²) in [6.07, 6.45) is 5.20. The van der Waals surface area contributed by atoms with E-state index in [-0.39, 0.29) is 18.6 Å². The second-order valence-electron chi connectivity index (χ2n) is 5.46. The summed E-state index contributed by atoms with van der Waals surface area (Å²) in [4.78, 5) is 11.4. The quantitative estimate of drug-likeness (QED) is 0.814. The molecule has 5 nitrogen and oxygen atoms in total. The third-order valence-electron chi connectivity index (χ3n) is 4.00. The highest BCUT2D eigenvalue weighted by Crippen LogP contribution is 2.29. The molecule has 0 N–H and O–H groups in total. The van der Waals surface area contributed by atoms with Crippen LogP contribution in [0.1, 0.15) is 36.7 Å². The summed E-state index contributed by atoms with van der Waals surface area (Å²) in [6, 6.07) is 5.91. The van der Waals surface area contributed by atoms with Gasteiger partial charge in [0, 0.05) is 12.0 Å². The van der Waals surface area contributed by atoms with Crippen molar-refractivity contribution >= 4 is 22.9 Å². The Bertz CT molecular complexity index is 699. The number of aromatic nitrogens is 2. The summed E-state index contributed by atoms with van der Waals surface area (Å²) in [6.45, 7) is 4.61. The first kappa shape index (κ1) is 14.8. The molecule has 0 saturated carbocycles. The van der Waals surface area contributed by atoms with Gasteiger partial charge in [-0.05, 0) is 43.0 Å². The Morgan fingerprint density at radius 1 is 1.55 bits per heavy atom. The monoisotopic (exact) mass is 300 g/mol. The van der Waals surface area contributed by atoms with Gasteiger partial charge in [-0.25, -0.2) is 4.68 Å². The number of carbonyl (C=O) groups excluding carboxylic acids is 1. The van der Waals surface area contributed by atoms with E-state index in [1.807, 2.05) is 22.9 Å². The number of nitrogens with zero attached hydrogens (tertiary/aromatic N) is 2. The van der Waals surface area contributed by atoms with Gasteiger partial charge in [-0.2, -0.15) is 5.10 Å². The molecule has 0 radical (unpaired) electrons. The van der Waals surface area contributed by atoms with E-state index >= 15 is 0 Å². The van der Waals surface area contributed by atoms with Crippen LogP contribution in [-0.2, 0) is 20.7 Å². The van der Waals surface area contributed by atoms with Crippen molar-refractivity contribution in [1.82, 2.24) is 9.78 Å². The topological polar surface area (TPSA) is 53.4 Å². The molecule has 1 aromatic heterocycles. The van der Waals surface area contributed by atoms with Crippen LogP contribution in [0.4, 0.5) is 0 Å². The van der Waals surface area contributed by atoms with Crippen LogP contribution >= 0.6 is 0 Å². The van der Waals surface area contributed by atoms with Crippen molar-refractivity contribution < 1.29 is 14.3 Å². The van der Waals surface area contributed by atoms with E-state index < -0.39 is 0 Å². The van der Waals surface area contributed by atoms with Crippen LogP contribution in [0.2, 0.25) is 0 Å². The van der Waals surface area contributed by atoms with Gasteiger partial charge in [-0.1, -0.05) is 12.6 Å². The number of hydrogen-bond acceptors (Lipinski definition) is 4. The molecule has 5 heteroatoms. The molecule has 1 fully saturated rings. The highest BCUT2D eigenvalue weighted by molar-refractivity contribution is 5.88. The molecule has 3 rings (SSSR count). The maximum atomic E-state index is 11.4. The minimum Gasteiger partial charge on any atom is -0.469 e. The van der Waals surface area contributed by atoms with Crippen LogP contribution < -0.4 is 0 Å². The average molecular weight is 300 g/mol. The van der Waals surface area contributed by atoms with Crippen LogP contribution in [0.25, 0.3) is 17.0 Å². The Morgan fingerprint density at radius 3 is 3.09 bits per heavy atom. The van der Waals surface area contributed by atoms with Crippen LogP contribution in [-0.4, -0.2) is 29.5 Å². The molecule has 2 aromatic rings. The van der Waals surface area contributed by atoms with Gasteiger partial charge >= 0.3 is 5.97 Å². The second kappa shape index (κ2) is 6.32. The van der Waals surface area contributed by atoms with Gasteiger partial charge in [0.2, 0.25) is 0 Å². The first-order chi connectivity index (χ1) is 10.7. The number of esters is 1.